The summed E-state index contributed by atoms with van der Waals surface area (Å²) >= 11 is 0. The maximum Gasteiger partial charge on any atom is 0.416 e. The van der Waals surface area contributed by atoms with Crippen LogP contribution in [0.2, 0.25) is 0 Å². The Bertz CT molecular complexity index is 1430. The lowest BCUT2D eigenvalue weighted by molar-refractivity contribution is -0.145. The SMILES string of the molecule is CCOC(=O)C[C@H]1CC[C@H](CN(CC)Cc2ccc(C(F)(F)F)cc2CN2C(=O)O[C@H](c3cc(C(F)(F)F)cc(C(F)(F)F)c3)[C@@H]2C)CC1. The van der Waals surface area contributed by atoms with E-state index >= 15 is 0 Å². The van der Waals surface area contributed by atoms with Gasteiger partial charge in [-0.25, -0.2) is 4.79 Å². The maximum absolute atomic E-state index is 13.8. The van der Waals surface area contributed by atoms with Crippen LogP contribution in [-0.2, 0) is 45.9 Å². The van der Waals surface area contributed by atoms with Crippen molar-refractivity contribution in [2.24, 2.45) is 11.8 Å². The Balaban J connectivity index is 1.54. The second-order valence-corrected chi connectivity index (χ2v) is 12.7. The first-order valence-corrected chi connectivity index (χ1v) is 16.1. The van der Waals surface area contributed by atoms with Crippen molar-refractivity contribution in [3.8, 4) is 0 Å². The summed E-state index contributed by atoms with van der Waals surface area (Å²) in [6, 6.07) is 2.96. The van der Waals surface area contributed by atoms with Crippen molar-refractivity contribution in [3.05, 3.63) is 69.8 Å². The smallest absolute Gasteiger partial charge is 0.416 e. The lowest BCUT2D eigenvalue weighted by Gasteiger charge is -2.32. The van der Waals surface area contributed by atoms with Gasteiger partial charge in [-0.3, -0.25) is 14.6 Å². The molecule has 0 radical (unpaired) electrons. The predicted molar refractivity (Wildman–Crippen MR) is 160 cm³/mol. The minimum absolute atomic E-state index is 0.0355. The Labute approximate surface area is 278 Å². The van der Waals surface area contributed by atoms with E-state index in [0.29, 0.717) is 49.7 Å². The molecule has 0 N–H and O–H groups in total. The topological polar surface area (TPSA) is 59.1 Å². The summed E-state index contributed by atoms with van der Waals surface area (Å²) in [6.45, 7) is 6.35. The number of cyclic esters (lactones) is 1. The second-order valence-electron chi connectivity index (χ2n) is 12.7. The summed E-state index contributed by atoms with van der Waals surface area (Å²) in [6.07, 6.45) is -13.8. The number of halogens is 9. The van der Waals surface area contributed by atoms with Crippen molar-refractivity contribution in [1.82, 2.24) is 9.80 Å². The number of rotatable bonds is 11. The molecule has 6 nitrogen and oxygen atoms in total. The van der Waals surface area contributed by atoms with Gasteiger partial charge in [0.05, 0.1) is 29.3 Å². The van der Waals surface area contributed by atoms with E-state index in [-0.39, 0.29) is 30.1 Å². The van der Waals surface area contributed by atoms with E-state index < -0.39 is 65.6 Å². The van der Waals surface area contributed by atoms with Gasteiger partial charge >= 0.3 is 30.6 Å². The van der Waals surface area contributed by atoms with Crippen LogP contribution in [0.15, 0.2) is 36.4 Å². The van der Waals surface area contributed by atoms with Gasteiger partial charge in [0.15, 0.2) is 0 Å². The highest BCUT2D eigenvalue weighted by molar-refractivity contribution is 5.71. The maximum atomic E-state index is 13.8. The Morgan fingerprint density at radius 2 is 1.41 bits per heavy atom. The van der Waals surface area contributed by atoms with E-state index in [1.165, 1.54) is 13.0 Å². The summed E-state index contributed by atoms with van der Waals surface area (Å²) in [4.78, 5) is 28.0. The molecule has 2 aliphatic rings. The highest BCUT2D eigenvalue weighted by atomic mass is 19.4. The highest BCUT2D eigenvalue weighted by Crippen LogP contribution is 2.42. The molecule has 0 bridgehead atoms. The average Bonchev–Trinajstić information content (AvgIpc) is 3.29. The first kappa shape index (κ1) is 38.3. The molecule has 1 amide bonds. The van der Waals surface area contributed by atoms with Crippen LogP contribution in [0.3, 0.4) is 0 Å². The van der Waals surface area contributed by atoms with Gasteiger partial charge in [0.1, 0.15) is 6.10 Å². The standard InChI is InChI=1S/C34H39F9N2O4/c1-4-44(17-22-8-6-21(7-9-22)12-29(46)48-5-2)18-23-10-11-26(32(35,36)37)15-25(23)19-45-20(3)30(49-31(45)47)24-13-27(33(38,39)40)16-28(14-24)34(41,42)43/h10-11,13-16,20-22,30H,4-9,12,17-19H2,1-3H3/t20-,21-,22-,30-/m0/s1. The van der Waals surface area contributed by atoms with E-state index in [0.717, 1.165) is 42.7 Å². The summed E-state index contributed by atoms with van der Waals surface area (Å²) in [5.74, 6) is 0.299. The fraction of sp³-hybridized carbons (Fsp3) is 0.588. The van der Waals surface area contributed by atoms with E-state index in [1.807, 2.05) is 6.92 Å². The first-order chi connectivity index (χ1) is 22.8. The van der Waals surface area contributed by atoms with Gasteiger partial charge < -0.3 is 9.47 Å². The van der Waals surface area contributed by atoms with Gasteiger partial charge in [0, 0.05) is 26.1 Å². The van der Waals surface area contributed by atoms with Crippen molar-refractivity contribution < 1.29 is 58.6 Å². The normalized spacial score (nSPS) is 22.1. The summed E-state index contributed by atoms with van der Waals surface area (Å²) in [5, 5.41) is 0. The van der Waals surface area contributed by atoms with Crippen LogP contribution in [-0.4, -0.2) is 47.6 Å². The fourth-order valence-electron chi connectivity index (χ4n) is 6.58. The molecule has 2 aromatic rings. The molecule has 1 aliphatic heterocycles. The van der Waals surface area contributed by atoms with Crippen molar-refractivity contribution in [3.63, 3.8) is 0 Å². The third kappa shape index (κ3) is 9.82. The zero-order valence-electron chi connectivity index (χ0n) is 27.3. The van der Waals surface area contributed by atoms with Crippen molar-refractivity contribution in [1.29, 1.82) is 0 Å². The van der Waals surface area contributed by atoms with E-state index in [9.17, 15) is 49.1 Å². The summed E-state index contributed by atoms with van der Waals surface area (Å²) in [5.41, 5.74) is -4.07. The van der Waals surface area contributed by atoms with Gasteiger partial charge in [-0.05, 0) is 105 Å². The molecule has 2 atom stereocenters. The summed E-state index contributed by atoms with van der Waals surface area (Å²) in [7, 11) is 0. The molecule has 2 aromatic carbocycles. The third-order valence-corrected chi connectivity index (χ3v) is 9.29. The van der Waals surface area contributed by atoms with Crippen LogP contribution in [0.1, 0.15) is 92.4 Å². The van der Waals surface area contributed by atoms with Gasteiger partial charge in [-0.1, -0.05) is 13.0 Å². The Kier molecular flexibility index (Phi) is 11.9. The molecule has 2 fully saturated rings. The number of amides is 1. The number of hydrogen-bond acceptors (Lipinski definition) is 5. The predicted octanol–water partition coefficient (Wildman–Crippen LogP) is 9.41. The van der Waals surface area contributed by atoms with E-state index in [1.54, 1.807) is 6.92 Å². The van der Waals surface area contributed by atoms with Gasteiger partial charge in [0.2, 0.25) is 0 Å². The number of carbonyl (C=O) groups is 2. The second kappa shape index (κ2) is 15.2. The number of carbonyl (C=O) groups excluding carboxylic acids is 2. The van der Waals surface area contributed by atoms with E-state index in [2.05, 4.69) is 4.90 Å². The van der Waals surface area contributed by atoms with Crippen LogP contribution in [0.5, 0.6) is 0 Å². The van der Waals surface area contributed by atoms with Gasteiger partial charge in [0.25, 0.3) is 0 Å². The Morgan fingerprint density at radius 3 is 1.94 bits per heavy atom. The number of benzene rings is 2. The molecular formula is C34H39F9N2O4. The minimum Gasteiger partial charge on any atom is -0.466 e. The zero-order chi connectivity index (χ0) is 36.3. The molecule has 49 heavy (non-hydrogen) atoms. The van der Waals surface area contributed by atoms with Gasteiger partial charge in [-0.2, -0.15) is 39.5 Å². The van der Waals surface area contributed by atoms with Gasteiger partial charge in [-0.15, -0.1) is 0 Å². The monoisotopic (exact) mass is 710 g/mol. The highest BCUT2D eigenvalue weighted by Gasteiger charge is 2.44. The number of esters is 1. The Morgan fingerprint density at radius 1 is 0.837 bits per heavy atom. The molecule has 0 aromatic heterocycles. The molecule has 272 valence electrons. The molecule has 1 saturated heterocycles. The number of hydrogen-bond donors (Lipinski definition) is 0. The zero-order valence-corrected chi connectivity index (χ0v) is 27.3. The Hall–Kier alpha value is -3.49. The van der Waals surface area contributed by atoms with Crippen molar-refractivity contribution in [2.45, 2.75) is 96.6 Å². The average molecular weight is 711 g/mol. The van der Waals surface area contributed by atoms with Crippen LogP contribution in [0, 0.1) is 11.8 Å². The molecule has 15 heteroatoms. The largest absolute Gasteiger partial charge is 0.466 e. The fourth-order valence-corrected chi connectivity index (χ4v) is 6.58. The molecule has 0 unspecified atom stereocenters. The van der Waals surface area contributed by atoms with E-state index in [4.69, 9.17) is 9.47 Å². The lowest BCUT2D eigenvalue weighted by atomic mass is 9.80. The summed E-state index contributed by atoms with van der Waals surface area (Å²) < 4.78 is 133. The van der Waals surface area contributed by atoms with Crippen molar-refractivity contribution in [2.75, 3.05) is 19.7 Å². The third-order valence-electron chi connectivity index (χ3n) is 9.29. The van der Waals surface area contributed by atoms with Crippen LogP contribution in [0.25, 0.3) is 0 Å². The lowest BCUT2D eigenvalue weighted by Crippen LogP contribution is -2.34. The van der Waals surface area contributed by atoms with Crippen molar-refractivity contribution >= 4 is 12.1 Å². The molecule has 1 heterocycles. The number of ether oxygens (including phenoxy) is 2. The molecule has 1 saturated carbocycles. The van der Waals surface area contributed by atoms with Crippen LogP contribution in [0.4, 0.5) is 44.3 Å². The minimum atomic E-state index is -5.12. The molecular weight excluding hydrogens is 671 g/mol. The number of alkyl halides is 9. The molecule has 1 aliphatic carbocycles. The van der Waals surface area contributed by atoms with Crippen LogP contribution < -0.4 is 0 Å². The quantitative estimate of drug-likeness (QED) is 0.172. The number of nitrogens with zero attached hydrogens (tertiary/aromatic N) is 2. The molecule has 0 spiro atoms. The van der Waals surface area contributed by atoms with Crippen LogP contribution >= 0.6 is 0 Å². The first-order valence-electron chi connectivity index (χ1n) is 16.1. The molecule has 4 rings (SSSR count).